The van der Waals surface area contributed by atoms with Gasteiger partial charge < -0.3 is 16.0 Å². The first-order valence-corrected chi connectivity index (χ1v) is 8.87. The average molecular weight is 361 g/mol. The summed E-state index contributed by atoms with van der Waals surface area (Å²) in [6.45, 7) is 3.85. The molecule has 0 aliphatic rings. The molecule has 0 saturated carbocycles. The molecule has 5 nitrogen and oxygen atoms in total. The summed E-state index contributed by atoms with van der Waals surface area (Å²) in [5.74, 6) is -0.173. The number of benzene rings is 3. The van der Waals surface area contributed by atoms with Crippen molar-refractivity contribution in [2.45, 2.75) is 19.9 Å². The number of anilines is 1. The number of carbonyl (C=O) groups excluding carboxylic acids is 2. The van der Waals surface area contributed by atoms with Crippen LogP contribution < -0.4 is 16.0 Å². The smallest absolute Gasteiger partial charge is 0.318 e. The van der Waals surface area contributed by atoms with Crippen LogP contribution >= 0.6 is 0 Å². The summed E-state index contributed by atoms with van der Waals surface area (Å²) in [7, 11) is 1.54. The van der Waals surface area contributed by atoms with E-state index in [9.17, 15) is 9.59 Å². The predicted molar refractivity (Wildman–Crippen MR) is 109 cm³/mol. The van der Waals surface area contributed by atoms with Gasteiger partial charge in [0.15, 0.2) is 0 Å². The first kappa shape index (κ1) is 18.5. The Morgan fingerprint density at radius 3 is 2.48 bits per heavy atom. The topological polar surface area (TPSA) is 70.2 Å². The third-order valence-corrected chi connectivity index (χ3v) is 4.60. The van der Waals surface area contributed by atoms with Gasteiger partial charge in [0.25, 0.3) is 5.91 Å². The third-order valence-electron chi connectivity index (χ3n) is 4.60. The van der Waals surface area contributed by atoms with Gasteiger partial charge in [0.2, 0.25) is 0 Å². The minimum absolute atomic E-state index is 0.154. The quantitative estimate of drug-likeness (QED) is 0.645. The highest BCUT2D eigenvalue weighted by atomic mass is 16.2. The molecule has 3 rings (SSSR count). The van der Waals surface area contributed by atoms with Crippen molar-refractivity contribution in [3.63, 3.8) is 0 Å². The van der Waals surface area contributed by atoms with E-state index in [1.807, 2.05) is 44.2 Å². The molecule has 138 valence electrons. The molecule has 27 heavy (non-hydrogen) atoms. The molecule has 0 radical (unpaired) electrons. The van der Waals surface area contributed by atoms with Crippen molar-refractivity contribution in [1.29, 1.82) is 0 Å². The van der Waals surface area contributed by atoms with Gasteiger partial charge in [0, 0.05) is 18.3 Å². The highest BCUT2D eigenvalue weighted by Crippen LogP contribution is 2.25. The molecule has 3 amide bonds. The molecule has 0 heterocycles. The Bertz CT molecular complexity index is 993. The van der Waals surface area contributed by atoms with E-state index in [4.69, 9.17) is 0 Å². The van der Waals surface area contributed by atoms with Crippen molar-refractivity contribution in [3.8, 4) is 0 Å². The lowest BCUT2D eigenvalue weighted by molar-refractivity contribution is 0.0939. The first-order valence-electron chi connectivity index (χ1n) is 8.87. The molecule has 0 bridgehead atoms. The zero-order valence-corrected chi connectivity index (χ0v) is 15.7. The number of rotatable bonds is 4. The van der Waals surface area contributed by atoms with E-state index >= 15 is 0 Å². The van der Waals surface area contributed by atoms with Crippen molar-refractivity contribution in [2.24, 2.45) is 0 Å². The van der Waals surface area contributed by atoms with Crippen LogP contribution in [0.1, 0.15) is 34.5 Å². The fourth-order valence-corrected chi connectivity index (χ4v) is 3.12. The maximum atomic E-state index is 12.9. The molecule has 1 atom stereocenters. The van der Waals surface area contributed by atoms with E-state index in [1.54, 1.807) is 19.2 Å². The third kappa shape index (κ3) is 4.08. The Labute approximate surface area is 158 Å². The molecular formula is C22H23N3O2. The van der Waals surface area contributed by atoms with Crippen LogP contribution in [0.3, 0.4) is 0 Å². The molecule has 0 saturated heterocycles. The Hall–Kier alpha value is -3.34. The Balaban J connectivity index is 1.84. The molecule has 0 fully saturated rings. The van der Waals surface area contributed by atoms with E-state index in [0.29, 0.717) is 11.3 Å². The number of carbonyl (C=O) groups is 2. The van der Waals surface area contributed by atoms with Gasteiger partial charge in [-0.1, -0.05) is 48.5 Å². The van der Waals surface area contributed by atoms with Gasteiger partial charge in [0.1, 0.15) is 0 Å². The zero-order valence-electron chi connectivity index (χ0n) is 15.7. The number of fused-ring (bicyclic) bond motifs is 1. The SMILES string of the molecule is CNC(=O)Nc1ccc(C)c(C(=O)N[C@H](C)c2cccc3ccccc23)c1. The van der Waals surface area contributed by atoms with Crippen molar-refractivity contribution < 1.29 is 9.59 Å². The normalized spacial score (nSPS) is 11.7. The molecule has 3 aromatic carbocycles. The highest BCUT2D eigenvalue weighted by Gasteiger charge is 2.16. The number of aryl methyl sites for hydroxylation is 1. The van der Waals surface area contributed by atoms with E-state index < -0.39 is 0 Å². The van der Waals surface area contributed by atoms with Crippen LogP contribution in [0.15, 0.2) is 60.7 Å². The van der Waals surface area contributed by atoms with E-state index in [2.05, 4.69) is 34.1 Å². The lowest BCUT2D eigenvalue weighted by Gasteiger charge is -2.18. The summed E-state index contributed by atoms with van der Waals surface area (Å²) >= 11 is 0. The van der Waals surface area contributed by atoms with Crippen LogP contribution in [0.25, 0.3) is 10.8 Å². The second kappa shape index (κ2) is 7.91. The van der Waals surface area contributed by atoms with Gasteiger partial charge in [-0.3, -0.25) is 4.79 Å². The first-order chi connectivity index (χ1) is 13.0. The second-order valence-corrected chi connectivity index (χ2v) is 6.50. The van der Waals surface area contributed by atoms with Crippen molar-refractivity contribution in [3.05, 3.63) is 77.4 Å². The number of urea groups is 1. The molecule has 0 spiro atoms. The Morgan fingerprint density at radius 2 is 1.70 bits per heavy atom. The summed E-state index contributed by atoms with van der Waals surface area (Å²) in [4.78, 5) is 24.4. The molecule has 0 aliphatic carbocycles. The maximum absolute atomic E-state index is 12.9. The maximum Gasteiger partial charge on any atom is 0.318 e. The van der Waals surface area contributed by atoms with Gasteiger partial charge >= 0.3 is 6.03 Å². The van der Waals surface area contributed by atoms with E-state index in [0.717, 1.165) is 21.9 Å². The minimum atomic E-state index is -0.325. The number of amides is 3. The summed E-state index contributed by atoms with van der Waals surface area (Å²) in [6, 6.07) is 19.0. The number of hydrogen-bond acceptors (Lipinski definition) is 2. The monoisotopic (exact) mass is 361 g/mol. The highest BCUT2D eigenvalue weighted by molar-refractivity contribution is 5.98. The molecule has 5 heteroatoms. The minimum Gasteiger partial charge on any atom is -0.345 e. The summed E-state index contributed by atoms with van der Waals surface area (Å²) < 4.78 is 0. The fraction of sp³-hybridized carbons (Fsp3) is 0.182. The van der Waals surface area contributed by atoms with Gasteiger partial charge in [-0.15, -0.1) is 0 Å². The van der Waals surface area contributed by atoms with Crippen LogP contribution in [0, 0.1) is 6.92 Å². The summed E-state index contributed by atoms with van der Waals surface area (Å²) in [5.41, 5.74) is 3.03. The molecule has 3 aromatic rings. The molecule has 3 N–H and O–H groups in total. The Kier molecular flexibility index (Phi) is 5.41. The van der Waals surface area contributed by atoms with Crippen LogP contribution in [-0.2, 0) is 0 Å². The van der Waals surface area contributed by atoms with Crippen molar-refractivity contribution >= 4 is 28.4 Å². The molecular weight excluding hydrogens is 338 g/mol. The van der Waals surface area contributed by atoms with Gasteiger partial charge in [0.05, 0.1) is 6.04 Å². The van der Waals surface area contributed by atoms with Gasteiger partial charge in [-0.05, 0) is 47.9 Å². The van der Waals surface area contributed by atoms with Crippen LogP contribution in [0.2, 0.25) is 0 Å². The van der Waals surface area contributed by atoms with Gasteiger partial charge in [-0.25, -0.2) is 4.79 Å². The average Bonchev–Trinajstić information content (AvgIpc) is 2.68. The standard InChI is InChI=1S/C22H23N3O2/c1-14-11-12-17(25-22(27)23-3)13-20(14)21(26)24-15(2)18-10-6-8-16-7-4-5-9-19(16)18/h4-13,15H,1-3H3,(H,24,26)(H2,23,25,27)/t15-/m1/s1. The fourth-order valence-electron chi connectivity index (χ4n) is 3.12. The molecule has 0 unspecified atom stereocenters. The Morgan fingerprint density at radius 1 is 0.963 bits per heavy atom. The van der Waals surface area contributed by atoms with Gasteiger partial charge in [-0.2, -0.15) is 0 Å². The lowest BCUT2D eigenvalue weighted by Crippen LogP contribution is -2.28. The lowest BCUT2D eigenvalue weighted by atomic mass is 9.99. The van der Waals surface area contributed by atoms with Crippen LogP contribution in [0.5, 0.6) is 0 Å². The predicted octanol–water partition coefficient (Wildman–Crippen LogP) is 4.39. The zero-order chi connectivity index (χ0) is 19.4. The van der Waals surface area contributed by atoms with E-state index in [-0.39, 0.29) is 18.0 Å². The number of nitrogens with one attached hydrogen (secondary N) is 3. The molecule has 0 aromatic heterocycles. The second-order valence-electron chi connectivity index (χ2n) is 6.50. The molecule has 0 aliphatic heterocycles. The summed E-state index contributed by atoms with van der Waals surface area (Å²) in [5, 5.41) is 10.5. The van der Waals surface area contributed by atoms with Crippen molar-refractivity contribution in [2.75, 3.05) is 12.4 Å². The largest absolute Gasteiger partial charge is 0.345 e. The van der Waals surface area contributed by atoms with Crippen molar-refractivity contribution in [1.82, 2.24) is 10.6 Å². The summed E-state index contributed by atoms with van der Waals surface area (Å²) in [6.07, 6.45) is 0. The number of hydrogen-bond donors (Lipinski definition) is 3. The van der Waals surface area contributed by atoms with E-state index in [1.165, 1.54) is 0 Å². The van der Waals surface area contributed by atoms with Crippen LogP contribution in [-0.4, -0.2) is 19.0 Å². The van der Waals surface area contributed by atoms with Crippen LogP contribution in [0.4, 0.5) is 10.5 Å².